The van der Waals surface area contributed by atoms with Crippen LogP contribution >= 0.6 is 0 Å². The molecule has 1 aliphatic heterocycles. The first kappa shape index (κ1) is 14.9. The Bertz CT molecular complexity index is 456. The molecule has 0 unspecified atom stereocenters. The van der Waals surface area contributed by atoms with Gasteiger partial charge in [-0.15, -0.1) is 0 Å². The minimum absolute atomic E-state index is 0.261. The molecule has 0 radical (unpaired) electrons. The fourth-order valence-corrected chi connectivity index (χ4v) is 2.99. The highest BCUT2D eigenvalue weighted by Gasteiger charge is 2.27. The van der Waals surface area contributed by atoms with Crippen molar-refractivity contribution in [2.24, 2.45) is 0 Å². The largest absolute Gasteiger partial charge is 0.323 e. The molecule has 0 bridgehead atoms. The van der Waals surface area contributed by atoms with Crippen molar-refractivity contribution < 1.29 is 14.7 Å². The standard InChI is InChI=1S/C15H23N3O2/c1-3-13(2)17-10-8-16(9-11-17)12-14-6-4-5-7-15(14)18(19)20/h4-7,13H,3,8-12H2,1-2H3/p+2/t13-/m1/s1. The highest BCUT2D eigenvalue weighted by Crippen LogP contribution is 2.16. The van der Waals surface area contributed by atoms with Gasteiger partial charge in [0.25, 0.3) is 5.69 Å². The summed E-state index contributed by atoms with van der Waals surface area (Å²) >= 11 is 0. The molecule has 1 fully saturated rings. The second-order valence-corrected chi connectivity index (χ2v) is 5.78. The van der Waals surface area contributed by atoms with Crippen molar-refractivity contribution in [1.29, 1.82) is 0 Å². The molecule has 1 heterocycles. The number of nitrogens with one attached hydrogen (secondary N) is 2. The number of rotatable bonds is 5. The summed E-state index contributed by atoms with van der Waals surface area (Å²) in [5.74, 6) is 0. The van der Waals surface area contributed by atoms with E-state index in [1.54, 1.807) is 17.0 Å². The van der Waals surface area contributed by atoms with Gasteiger partial charge < -0.3 is 9.80 Å². The maximum atomic E-state index is 11.0. The summed E-state index contributed by atoms with van der Waals surface area (Å²) in [5, 5.41) is 11.0. The topological polar surface area (TPSA) is 52.0 Å². The number of hydrogen-bond acceptors (Lipinski definition) is 2. The first-order chi connectivity index (χ1) is 9.61. The van der Waals surface area contributed by atoms with E-state index < -0.39 is 0 Å². The van der Waals surface area contributed by atoms with E-state index in [9.17, 15) is 10.1 Å². The van der Waals surface area contributed by atoms with Gasteiger partial charge in [0, 0.05) is 6.07 Å². The maximum Gasteiger partial charge on any atom is 0.278 e. The van der Waals surface area contributed by atoms with E-state index in [1.165, 1.54) is 24.4 Å². The Morgan fingerprint density at radius 3 is 2.50 bits per heavy atom. The van der Waals surface area contributed by atoms with Gasteiger partial charge in [0.15, 0.2) is 0 Å². The van der Waals surface area contributed by atoms with Gasteiger partial charge in [-0.2, -0.15) is 0 Å². The molecule has 1 aromatic rings. The molecule has 1 aromatic carbocycles. The van der Waals surface area contributed by atoms with Gasteiger partial charge in [-0.25, -0.2) is 0 Å². The van der Waals surface area contributed by atoms with Crippen molar-refractivity contribution in [1.82, 2.24) is 0 Å². The van der Waals surface area contributed by atoms with Crippen LogP contribution in [0.2, 0.25) is 0 Å². The summed E-state index contributed by atoms with van der Waals surface area (Å²) in [5.41, 5.74) is 1.12. The van der Waals surface area contributed by atoms with Gasteiger partial charge in [-0.1, -0.05) is 19.1 Å². The second kappa shape index (κ2) is 6.81. The molecule has 2 N–H and O–H groups in total. The van der Waals surface area contributed by atoms with Crippen LogP contribution in [0, 0.1) is 10.1 Å². The molecular weight excluding hydrogens is 254 g/mol. The van der Waals surface area contributed by atoms with E-state index in [2.05, 4.69) is 13.8 Å². The number of hydrogen-bond donors (Lipinski definition) is 2. The third-order valence-electron chi connectivity index (χ3n) is 4.54. The van der Waals surface area contributed by atoms with Gasteiger partial charge in [-0.05, 0) is 19.4 Å². The zero-order valence-corrected chi connectivity index (χ0v) is 12.4. The number of piperazine rings is 1. The Labute approximate surface area is 120 Å². The van der Waals surface area contributed by atoms with Crippen molar-refractivity contribution in [2.75, 3.05) is 26.2 Å². The van der Waals surface area contributed by atoms with E-state index in [0.29, 0.717) is 0 Å². The molecule has 0 amide bonds. The molecule has 0 saturated carbocycles. The molecule has 0 aliphatic carbocycles. The molecule has 0 spiro atoms. The van der Waals surface area contributed by atoms with Gasteiger partial charge in [0.1, 0.15) is 32.7 Å². The van der Waals surface area contributed by atoms with Crippen LogP contribution in [-0.4, -0.2) is 37.1 Å². The van der Waals surface area contributed by atoms with Crippen LogP contribution in [0.1, 0.15) is 25.8 Å². The smallest absolute Gasteiger partial charge is 0.278 e. The monoisotopic (exact) mass is 279 g/mol. The lowest BCUT2D eigenvalue weighted by atomic mass is 10.1. The summed E-state index contributed by atoms with van der Waals surface area (Å²) in [7, 11) is 0. The van der Waals surface area contributed by atoms with Crippen LogP contribution in [0.5, 0.6) is 0 Å². The third-order valence-corrected chi connectivity index (χ3v) is 4.54. The predicted molar refractivity (Wildman–Crippen MR) is 77.9 cm³/mol. The van der Waals surface area contributed by atoms with E-state index in [-0.39, 0.29) is 10.6 Å². The highest BCUT2D eigenvalue weighted by atomic mass is 16.6. The summed E-state index contributed by atoms with van der Waals surface area (Å²) in [4.78, 5) is 13.9. The lowest BCUT2D eigenvalue weighted by molar-refractivity contribution is -1.03. The summed E-state index contributed by atoms with van der Waals surface area (Å²) < 4.78 is 0. The summed E-state index contributed by atoms with van der Waals surface area (Å²) in [6.07, 6.45) is 1.22. The average molecular weight is 279 g/mol. The number of quaternary nitrogens is 2. The third kappa shape index (κ3) is 3.55. The van der Waals surface area contributed by atoms with Gasteiger partial charge >= 0.3 is 0 Å². The van der Waals surface area contributed by atoms with E-state index in [4.69, 9.17) is 0 Å². The van der Waals surface area contributed by atoms with E-state index in [0.717, 1.165) is 31.2 Å². The van der Waals surface area contributed by atoms with Crippen LogP contribution < -0.4 is 9.80 Å². The molecule has 20 heavy (non-hydrogen) atoms. The van der Waals surface area contributed by atoms with Crippen LogP contribution in [0.4, 0.5) is 5.69 Å². The predicted octanol–water partition coefficient (Wildman–Crippen LogP) is -0.323. The van der Waals surface area contributed by atoms with Crippen LogP contribution in [0.15, 0.2) is 24.3 Å². The lowest BCUT2D eigenvalue weighted by Gasteiger charge is -2.32. The number of para-hydroxylation sites is 1. The van der Waals surface area contributed by atoms with E-state index >= 15 is 0 Å². The first-order valence-electron chi connectivity index (χ1n) is 7.52. The van der Waals surface area contributed by atoms with Crippen LogP contribution in [0.25, 0.3) is 0 Å². The Balaban J connectivity index is 1.95. The second-order valence-electron chi connectivity index (χ2n) is 5.78. The Morgan fingerprint density at radius 2 is 1.90 bits per heavy atom. The maximum absolute atomic E-state index is 11.0. The fourth-order valence-electron chi connectivity index (χ4n) is 2.99. The van der Waals surface area contributed by atoms with Crippen molar-refractivity contribution in [2.45, 2.75) is 32.9 Å². The normalized spacial score (nSPS) is 24.3. The number of benzene rings is 1. The molecule has 1 saturated heterocycles. The van der Waals surface area contributed by atoms with Crippen molar-refractivity contribution in [3.8, 4) is 0 Å². The summed E-state index contributed by atoms with van der Waals surface area (Å²) in [6, 6.07) is 7.85. The SMILES string of the molecule is CC[C@@H](C)[NH+]1CC[NH+](Cc2ccccc2[N+](=O)[O-])CC1. The molecule has 5 heteroatoms. The quantitative estimate of drug-likeness (QED) is 0.573. The van der Waals surface area contributed by atoms with Crippen molar-refractivity contribution >= 4 is 5.69 Å². The Kier molecular flexibility index (Phi) is 5.09. The highest BCUT2D eigenvalue weighted by molar-refractivity contribution is 5.39. The lowest BCUT2D eigenvalue weighted by Crippen LogP contribution is -3.29. The van der Waals surface area contributed by atoms with E-state index in [1.807, 2.05) is 12.1 Å². The minimum Gasteiger partial charge on any atom is -0.323 e. The molecule has 5 nitrogen and oxygen atoms in total. The molecule has 1 aliphatic rings. The van der Waals surface area contributed by atoms with Crippen molar-refractivity contribution in [3.05, 3.63) is 39.9 Å². The van der Waals surface area contributed by atoms with Crippen molar-refractivity contribution in [3.63, 3.8) is 0 Å². The van der Waals surface area contributed by atoms with Gasteiger partial charge in [-0.3, -0.25) is 10.1 Å². The average Bonchev–Trinajstić information content (AvgIpc) is 2.47. The Hall–Kier alpha value is -1.46. The van der Waals surface area contributed by atoms with Gasteiger partial charge in [0.05, 0.1) is 16.5 Å². The molecule has 110 valence electrons. The number of nitro groups is 1. The fraction of sp³-hybridized carbons (Fsp3) is 0.600. The summed E-state index contributed by atoms with van der Waals surface area (Å²) in [6.45, 7) is 9.87. The molecule has 0 aromatic heterocycles. The van der Waals surface area contributed by atoms with Gasteiger partial charge in [0.2, 0.25) is 0 Å². The zero-order chi connectivity index (χ0) is 14.5. The molecular formula is C15H25N3O2+2. The van der Waals surface area contributed by atoms with Crippen LogP contribution in [-0.2, 0) is 6.54 Å². The molecule has 2 rings (SSSR count). The minimum atomic E-state index is -0.268. The zero-order valence-electron chi connectivity index (χ0n) is 12.4. The molecule has 1 atom stereocenters. The Morgan fingerprint density at radius 1 is 1.25 bits per heavy atom. The van der Waals surface area contributed by atoms with Crippen LogP contribution in [0.3, 0.4) is 0 Å². The number of nitrogens with zero attached hydrogens (tertiary/aromatic N) is 1. The first-order valence-corrected chi connectivity index (χ1v) is 7.52. The number of nitro benzene ring substituents is 1.